The second-order valence-corrected chi connectivity index (χ2v) is 7.41. The standard InChI is InChI=1S/C19H19NO3S/c1-13(24-18(21)22-14-9-5-4-6-10-14)19(2,3)17-20-15-11-7-8-12-16(15)23-17/h4-13H,1-3H3. The summed E-state index contributed by atoms with van der Waals surface area (Å²) in [7, 11) is 0. The fourth-order valence-corrected chi connectivity index (χ4v) is 3.05. The first-order valence-electron chi connectivity index (χ1n) is 7.76. The molecular formula is C19H19NO3S. The molecule has 0 aliphatic rings. The Hall–Kier alpha value is -2.27. The number of carbonyl (C=O) groups excluding carboxylic acids is 1. The number of benzene rings is 2. The van der Waals surface area contributed by atoms with Gasteiger partial charge in [-0.05, 0) is 36.0 Å². The summed E-state index contributed by atoms with van der Waals surface area (Å²) < 4.78 is 11.2. The molecule has 1 unspecified atom stereocenters. The summed E-state index contributed by atoms with van der Waals surface area (Å²) in [6.07, 6.45) is 0. The van der Waals surface area contributed by atoms with E-state index in [0.29, 0.717) is 11.6 Å². The zero-order valence-electron chi connectivity index (χ0n) is 13.9. The van der Waals surface area contributed by atoms with Crippen molar-refractivity contribution in [2.45, 2.75) is 31.4 Å². The Labute approximate surface area is 145 Å². The minimum atomic E-state index is -0.417. The molecule has 0 aliphatic heterocycles. The SMILES string of the molecule is CC(SC(=O)Oc1ccccc1)C(C)(C)c1nc2ccccc2o1. The number of hydrogen-bond donors (Lipinski definition) is 0. The van der Waals surface area contributed by atoms with Crippen molar-refractivity contribution in [3.63, 3.8) is 0 Å². The normalized spacial score (nSPS) is 13.0. The molecular weight excluding hydrogens is 322 g/mol. The smallest absolute Gasteiger partial charge is 0.373 e. The van der Waals surface area contributed by atoms with E-state index in [1.807, 2.05) is 63.2 Å². The topological polar surface area (TPSA) is 52.3 Å². The van der Waals surface area contributed by atoms with Crippen LogP contribution in [0, 0.1) is 0 Å². The molecule has 1 aromatic heterocycles. The predicted molar refractivity (Wildman–Crippen MR) is 96.6 cm³/mol. The monoisotopic (exact) mass is 341 g/mol. The molecule has 2 aromatic carbocycles. The summed E-state index contributed by atoms with van der Waals surface area (Å²) in [4.78, 5) is 16.7. The lowest BCUT2D eigenvalue weighted by molar-refractivity contribution is 0.226. The molecule has 3 rings (SSSR count). The van der Waals surface area contributed by atoms with Crippen LogP contribution in [0.5, 0.6) is 5.75 Å². The van der Waals surface area contributed by atoms with Gasteiger partial charge < -0.3 is 9.15 Å². The van der Waals surface area contributed by atoms with Crippen LogP contribution in [0.1, 0.15) is 26.7 Å². The number of rotatable bonds is 4. The van der Waals surface area contributed by atoms with E-state index in [9.17, 15) is 4.79 Å². The summed E-state index contributed by atoms with van der Waals surface area (Å²) in [5.41, 5.74) is 1.16. The molecule has 0 amide bonds. The highest BCUT2D eigenvalue weighted by molar-refractivity contribution is 8.13. The number of fused-ring (bicyclic) bond motifs is 1. The Kier molecular flexibility index (Phi) is 4.62. The predicted octanol–water partition coefficient (Wildman–Crippen LogP) is 5.43. The van der Waals surface area contributed by atoms with Gasteiger partial charge in [0, 0.05) is 5.25 Å². The fourth-order valence-electron chi connectivity index (χ4n) is 2.22. The van der Waals surface area contributed by atoms with Crippen LogP contribution in [0.15, 0.2) is 59.0 Å². The molecule has 0 N–H and O–H groups in total. The van der Waals surface area contributed by atoms with Gasteiger partial charge in [0.2, 0.25) is 5.89 Å². The second-order valence-electron chi connectivity index (χ2n) is 6.13. The van der Waals surface area contributed by atoms with Crippen molar-refractivity contribution >= 4 is 28.2 Å². The Morgan fingerprint density at radius 3 is 2.50 bits per heavy atom. The van der Waals surface area contributed by atoms with Gasteiger partial charge in [0.25, 0.3) is 0 Å². The minimum Gasteiger partial charge on any atom is -0.440 e. The summed E-state index contributed by atoms with van der Waals surface area (Å²) in [5.74, 6) is 1.16. The molecule has 124 valence electrons. The van der Waals surface area contributed by atoms with Crippen LogP contribution in [0.4, 0.5) is 4.79 Å². The van der Waals surface area contributed by atoms with Gasteiger partial charge in [-0.2, -0.15) is 0 Å². The molecule has 4 nitrogen and oxygen atoms in total. The van der Waals surface area contributed by atoms with Crippen LogP contribution in [0.2, 0.25) is 0 Å². The van der Waals surface area contributed by atoms with Gasteiger partial charge in [0.1, 0.15) is 11.3 Å². The van der Waals surface area contributed by atoms with Crippen molar-refractivity contribution in [3.8, 4) is 5.75 Å². The van der Waals surface area contributed by atoms with E-state index in [0.717, 1.165) is 22.9 Å². The minimum absolute atomic E-state index is 0.0678. The van der Waals surface area contributed by atoms with Gasteiger partial charge in [0.15, 0.2) is 5.58 Å². The lowest BCUT2D eigenvalue weighted by Crippen LogP contribution is -2.30. The van der Waals surface area contributed by atoms with Gasteiger partial charge in [-0.1, -0.05) is 51.1 Å². The Bertz CT molecular complexity index is 809. The van der Waals surface area contributed by atoms with Crippen LogP contribution < -0.4 is 4.74 Å². The number of aromatic nitrogens is 1. The first-order chi connectivity index (χ1) is 11.5. The Balaban J connectivity index is 1.72. The maximum absolute atomic E-state index is 12.2. The highest BCUT2D eigenvalue weighted by atomic mass is 32.2. The summed E-state index contributed by atoms with van der Waals surface area (Å²) in [6, 6.07) is 16.7. The average Bonchev–Trinajstić information content (AvgIpc) is 3.00. The van der Waals surface area contributed by atoms with Crippen molar-refractivity contribution in [2.24, 2.45) is 0 Å². The summed E-state index contributed by atoms with van der Waals surface area (Å²) >= 11 is 1.14. The van der Waals surface area contributed by atoms with Gasteiger partial charge in [0.05, 0.1) is 5.41 Å². The lowest BCUT2D eigenvalue weighted by atomic mass is 9.90. The number of para-hydroxylation sites is 3. The van der Waals surface area contributed by atoms with Crippen LogP contribution in [-0.2, 0) is 5.41 Å². The fraction of sp³-hybridized carbons (Fsp3) is 0.263. The quantitative estimate of drug-likeness (QED) is 0.593. The van der Waals surface area contributed by atoms with E-state index in [1.165, 1.54) is 0 Å². The van der Waals surface area contributed by atoms with E-state index in [2.05, 4.69) is 4.98 Å². The van der Waals surface area contributed by atoms with Gasteiger partial charge in [-0.3, -0.25) is 0 Å². The zero-order valence-corrected chi connectivity index (χ0v) is 14.7. The number of nitrogens with zero attached hydrogens (tertiary/aromatic N) is 1. The van der Waals surface area contributed by atoms with Crippen molar-refractivity contribution < 1.29 is 13.9 Å². The third-order valence-corrected chi connectivity index (χ3v) is 5.30. The first-order valence-corrected chi connectivity index (χ1v) is 8.64. The molecule has 0 fully saturated rings. The van der Waals surface area contributed by atoms with Crippen LogP contribution in [-0.4, -0.2) is 15.5 Å². The number of carbonyl (C=O) groups is 1. The van der Waals surface area contributed by atoms with Crippen LogP contribution in [0.3, 0.4) is 0 Å². The average molecular weight is 341 g/mol. The molecule has 0 saturated heterocycles. The van der Waals surface area contributed by atoms with Gasteiger partial charge >= 0.3 is 5.30 Å². The van der Waals surface area contributed by atoms with Crippen molar-refractivity contribution in [1.82, 2.24) is 4.98 Å². The molecule has 0 aliphatic carbocycles. The van der Waals surface area contributed by atoms with E-state index >= 15 is 0 Å². The molecule has 0 spiro atoms. The molecule has 3 aromatic rings. The third-order valence-electron chi connectivity index (χ3n) is 4.08. The van der Waals surface area contributed by atoms with E-state index < -0.39 is 5.41 Å². The maximum atomic E-state index is 12.2. The lowest BCUT2D eigenvalue weighted by Gasteiger charge is -2.26. The van der Waals surface area contributed by atoms with Gasteiger partial charge in [-0.15, -0.1) is 0 Å². The largest absolute Gasteiger partial charge is 0.440 e. The number of ether oxygens (including phenoxy) is 1. The summed E-state index contributed by atoms with van der Waals surface area (Å²) in [6.45, 7) is 6.02. The van der Waals surface area contributed by atoms with Crippen molar-refractivity contribution in [2.75, 3.05) is 0 Å². The zero-order chi connectivity index (χ0) is 17.2. The van der Waals surface area contributed by atoms with E-state index in [-0.39, 0.29) is 10.6 Å². The first kappa shape index (κ1) is 16.6. The third kappa shape index (κ3) is 3.46. The number of thioether (sulfide) groups is 1. The van der Waals surface area contributed by atoms with Crippen LogP contribution >= 0.6 is 11.8 Å². The van der Waals surface area contributed by atoms with E-state index in [4.69, 9.17) is 9.15 Å². The highest BCUT2D eigenvalue weighted by Gasteiger charge is 2.35. The molecule has 24 heavy (non-hydrogen) atoms. The number of hydrogen-bond acceptors (Lipinski definition) is 5. The van der Waals surface area contributed by atoms with Crippen molar-refractivity contribution in [1.29, 1.82) is 0 Å². The molecule has 5 heteroatoms. The Morgan fingerprint density at radius 2 is 1.79 bits per heavy atom. The van der Waals surface area contributed by atoms with E-state index in [1.54, 1.807) is 12.1 Å². The molecule has 0 radical (unpaired) electrons. The molecule has 1 heterocycles. The molecule has 0 saturated carbocycles. The van der Waals surface area contributed by atoms with Crippen LogP contribution in [0.25, 0.3) is 11.1 Å². The van der Waals surface area contributed by atoms with Gasteiger partial charge in [-0.25, -0.2) is 9.78 Å². The highest BCUT2D eigenvalue weighted by Crippen LogP contribution is 2.36. The Morgan fingerprint density at radius 1 is 1.12 bits per heavy atom. The maximum Gasteiger partial charge on any atom is 0.373 e. The molecule has 1 atom stereocenters. The molecule has 0 bridgehead atoms. The summed E-state index contributed by atoms with van der Waals surface area (Å²) in [5, 5.41) is -0.403. The number of oxazole rings is 1. The van der Waals surface area contributed by atoms with Crippen molar-refractivity contribution in [3.05, 3.63) is 60.5 Å². The second kappa shape index (κ2) is 6.69.